The number of esters is 1. The van der Waals surface area contributed by atoms with Crippen LogP contribution >= 0.6 is 11.3 Å². The Morgan fingerprint density at radius 3 is 2.67 bits per heavy atom. The highest BCUT2D eigenvalue weighted by Crippen LogP contribution is 2.39. The van der Waals surface area contributed by atoms with Gasteiger partial charge in [0, 0.05) is 16.5 Å². The number of rotatable bonds is 4. The Morgan fingerprint density at radius 1 is 1.33 bits per heavy atom. The van der Waals surface area contributed by atoms with E-state index in [4.69, 9.17) is 9.84 Å². The van der Waals surface area contributed by atoms with Gasteiger partial charge < -0.3 is 15.2 Å². The fourth-order valence-corrected chi connectivity index (χ4v) is 3.50. The molecule has 1 aromatic rings. The van der Waals surface area contributed by atoms with Gasteiger partial charge in [-0.1, -0.05) is 0 Å². The van der Waals surface area contributed by atoms with Crippen LogP contribution in [0.5, 0.6) is 0 Å². The minimum absolute atomic E-state index is 0.0729. The number of hydrogen-bond acceptors (Lipinski definition) is 5. The summed E-state index contributed by atoms with van der Waals surface area (Å²) in [6.45, 7) is 1.33. The zero-order chi connectivity index (χ0) is 15.6. The maximum atomic E-state index is 11.9. The summed E-state index contributed by atoms with van der Waals surface area (Å²) in [6, 6.07) is 0. The van der Waals surface area contributed by atoms with Gasteiger partial charge in [-0.2, -0.15) is 0 Å². The molecule has 2 N–H and O–H groups in total. The van der Waals surface area contributed by atoms with Crippen molar-refractivity contribution in [2.75, 3.05) is 12.4 Å². The normalized spacial score (nSPS) is 13.7. The number of anilines is 1. The summed E-state index contributed by atoms with van der Waals surface area (Å²) in [4.78, 5) is 35.5. The summed E-state index contributed by atoms with van der Waals surface area (Å²) in [5.41, 5.74) is 1.25. The summed E-state index contributed by atoms with van der Waals surface area (Å²) in [5, 5.41) is 11.8. The van der Waals surface area contributed by atoms with Crippen LogP contribution in [0, 0.1) is 0 Å². The molecule has 0 saturated carbocycles. The number of methoxy groups -OCH3 is 1. The maximum absolute atomic E-state index is 11.9. The molecular weight excluding hydrogens is 294 g/mol. The Balaban J connectivity index is 2.29. The van der Waals surface area contributed by atoms with Crippen molar-refractivity contribution in [2.45, 2.75) is 26.2 Å². The second-order valence-electron chi connectivity index (χ2n) is 4.67. The molecule has 0 bridgehead atoms. The Hall–Kier alpha value is -2.15. The molecule has 0 unspecified atom stereocenters. The van der Waals surface area contributed by atoms with E-state index in [0.29, 0.717) is 10.6 Å². The number of nitrogens with one attached hydrogen (secondary N) is 1. The monoisotopic (exact) mass is 309 g/mol. The smallest absolute Gasteiger partial charge is 0.341 e. The van der Waals surface area contributed by atoms with Gasteiger partial charge in [0.2, 0.25) is 5.91 Å². The largest absolute Gasteiger partial charge is 0.478 e. The molecule has 1 heterocycles. The zero-order valence-corrected chi connectivity index (χ0v) is 12.5. The predicted molar refractivity (Wildman–Crippen MR) is 77.7 cm³/mol. The van der Waals surface area contributed by atoms with Crippen molar-refractivity contribution in [3.63, 3.8) is 0 Å². The second kappa shape index (κ2) is 6.09. The van der Waals surface area contributed by atoms with Crippen molar-refractivity contribution in [3.8, 4) is 0 Å². The first-order valence-corrected chi connectivity index (χ1v) is 7.21. The SMILES string of the molecule is COC(=O)c1c(NC(=O)/C=C(\C)C(=O)O)sc2c1CCC2. The van der Waals surface area contributed by atoms with Gasteiger partial charge in [0.15, 0.2) is 0 Å². The average molecular weight is 309 g/mol. The molecule has 1 aliphatic carbocycles. The molecule has 0 aromatic carbocycles. The highest BCUT2D eigenvalue weighted by Gasteiger charge is 2.27. The van der Waals surface area contributed by atoms with E-state index < -0.39 is 17.8 Å². The van der Waals surface area contributed by atoms with Crippen molar-refractivity contribution < 1.29 is 24.2 Å². The lowest BCUT2D eigenvalue weighted by atomic mass is 10.1. The van der Waals surface area contributed by atoms with Crippen molar-refractivity contribution in [3.05, 3.63) is 27.7 Å². The molecule has 7 heteroatoms. The van der Waals surface area contributed by atoms with Crippen molar-refractivity contribution in [2.24, 2.45) is 0 Å². The van der Waals surface area contributed by atoms with E-state index in [9.17, 15) is 14.4 Å². The van der Waals surface area contributed by atoms with Crippen LogP contribution in [0.25, 0.3) is 0 Å². The molecule has 1 aromatic heterocycles. The van der Waals surface area contributed by atoms with E-state index in [0.717, 1.165) is 35.8 Å². The Bertz CT molecular complexity index is 644. The predicted octanol–water partition coefficient (Wildman–Crippen LogP) is 1.99. The molecule has 0 aliphatic heterocycles. The van der Waals surface area contributed by atoms with Gasteiger partial charge >= 0.3 is 11.9 Å². The highest BCUT2D eigenvalue weighted by molar-refractivity contribution is 7.17. The maximum Gasteiger partial charge on any atom is 0.341 e. The molecule has 1 amide bonds. The molecule has 1 aliphatic rings. The molecule has 6 nitrogen and oxygen atoms in total. The number of aliphatic carboxylic acids is 1. The van der Waals surface area contributed by atoms with Crippen LogP contribution in [0.3, 0.4) is 0 Å². The van der Waals surface area contributed by atoms with E-state index in [1.807, 2.05) is 0 Å². The van der Waals surface area contributed by atoms with Crippen LogP contribution < -0.4 is 5.32 Å². The fraction of sp³-hybridized carbons (Fsp3) is 0.357. The number of fused-ring (bicyclic) bond motifs is 1. The van der Waals surface area contributed by atoms with Crippen LogP contribution in [0.2, 0.25) is 0 Å². The van der Waals surface area contributed by atoms with Crippen molar-refractivity contribution in [1.29, 1.82) is 0 Å². The third-order valence-corrected chi connectivity index (χ3v) is 4.44. The average Bonchev–Trinajstić information content (AvgIpc) is 2.97. The molecule has 2 rings (SSSR count). The van der Waals surface area contributed by atoms with E-state index >= 15 is 0 Å². The van der Waals surface area contributed by atoms with Crippen LogP contribution in [0.15, 0.2) is 11.6 Å². The number of thiophene rings is 1. The molecule has 0 saturated heterocycles. The number of carboxylic acids is 1. The minimum atomic E-state index is -1.16. The van der Waals surface area contributed by atoms with Gasteiger partial charge in [-0.05, 0) is 31.7 Å². The molecule has 0 radical (unpaired) electrons. The highest BCUT2D eigenvalue weighted by atomic mass is 32.1. The van der Waals surface area contributed by atoms with Crippen molar-refractivity contribution >= 4 is 34.2 Å². The summed E-state index contributed by atoms with van der Waals surface area (Å²) in [5.74, 6) is -2.21. The molecule has 0 fully saturated rings. The number of carboxylic acid groups (broad SMARTS) is 1. The number of carbonyl (C=O) groups is 3. The summed E-state index contributed by atoms with van der Waals surface area (Å²) < 4.78 is 4.77. The van der Waals surface area contributed by atoms with E-state index in [2.05, 4.69) is 5.32 Å². The summed E-state index contributed by atoms with van der Waals surface area (Å²) in [6.07, 6.45) is 3.64. The molecule has 0 spiro atoms. The number of carbonyl (C=O) groups excluding carboxylic acids is 2. The topological polar surface area (TPSA) is 92.7 Å². The van der Waals surface area contributed by atoms with Gasteiger partial charge in [0.05, 0.1) is 12.7 Å². The van der Waals surface area contributed by atoms with Gasteiger partial charge in [-0.25, -0.2) is 9.59 Å². The zero-order valence-electron chi connectivity index (χ0n) is 11.7. The lowest BCUT2D eigenvalue weighted by molar-refractivity contribution is -0.132. The van der Waals surface area contributed by atoms with Crippen LogP contribution in [-0.4, -0.2) is 30.1 Å². The van der Waals surface area contributed by atoms with E-state index in [-0.39, 0.29) is 5.57 Å². The number of ether oxygens (including phenoxy) is 1. The van der Waals surface area contributed by atoms with E-state index in [1.54, 1.807) is 0 Å². The number of amides is 1. The lowest BCUT2D eigenvalue weighted by Gasteiger charge is -2.05. The van der Waals surface area contributed by atoms with E-state index in [1.165, 1.54) is 25.4 Å². The molecule has 0 atom stereocenters. The third kappa shape index (κ3) is 3.13. The lowest BCUT2D eigenvalue weighted by Crippen LogP contribution is -2.13. The first-order chi connectivity index (χ1) is 9.93. The van der Waals surface area contributed by atoms with Crippen LogP contribution in [0.4, 0.5) is 5.00 Å². The standard InChI is InChI=1S/C14H15NO5S/c1-7(13(17)18)6-10(16)15-12-11(14(19)20-2)8-4-3-5-9(8)21-12/h6H,3-5H2,1-2H3,(H,15,16)(H,17,18)/b7-6+. The molecule has 112 valence electrons. The van der Waals surface area contributed by atoms with Crippen LogP contribution in [-0.2, 0) is 27.2 Å². The second-order valence-corrected chi connectivity index (χ2v) is 5.78. The van der Waals surface area contributed by atoms with Crippen molar-refractivity contribution in [1.82, 2.24) is 0 Å². The minimum Gasteiger partial charge on any atom is -0.478 e. The van der Waals surface area contributed by atoms with Gasteiger partial charge in [-0.15, -0.1) is 11.3 Å². The quantitative estimate of drug-likeness (QED) is 0.655. The Morgan fingerprint density at radius 2 is 2.05 bits per heavy atom. The fourth-order valence-electron chi connectivity index (χ4n) is 2.22. The molecular formula is C14H15NO5S. The third-order valence-electron chi connectivity index (χ3n) is 3.23. The Kier molecular flexibility index (Phi) is 4.42. The summed E-state index contributed by atoms with van der Waals surface area (Å²) in [7, 11) is 1.29. The number of hydrogen-bond donors (Lipinski definition) is 2. The number of aryl methyl sites for hydroxylation is 1. The van der Waals surface area contributed by atoms with Gasteiger partial charge in [-0.3, -0.25) is 4.79 Å². The summed E-state index contributed by atoms with van der Waals surface area (Å²) >= 11 is 1.35. The van der Waals surface area contributed by atoms with Gasteiger partial charge in [0.25, 0.3) is 0 Å². The first-order valence-electron chi connectivity index (χ1n) is 6.39. The first kappa shape index (κ1) is 15.2. The molecule has 21 heavy (non-hydrogen) atoms. The van der Waals surface area contributed by atoms with Gasteiger partial charge in [0.1, 0.15) is 5.00 Å². The Labute approximate surface area is 125 Å². The van der Waals surface area contributed by atoms with Crippen LogP contribution in [0.1, 0.15) is 34.1 Å².